The van der Waals surface area contributed by atoms with Crippen molar-refractivity contribution in [3.05, 3.63) is 82.0 Å². The number of carbonyl (C=O) groups is 3. The summed E-state index contributed by atoms with van der Waals surface area (Å²) in [5.41, 5.74) is 0.516. The number of rotatable bonds is 5. The third kappa shape index (κ3) is 3.85. The Balaban J connectivity index is 1.50. The highest BCUT2D eigenvalue weighted by molar-refractivity contribution is 6.43. The molecule has 0 bridgehead atoms. The number of anilines is 1. The molecule has 2 aromatic carbocycles. The predicted octanol–water partition coefficient (Wildman–Crippen LogP) is 4.42. The van der Waals surface area contributed by atoms with Crippen LogP contribution in [-0.4, -0.2) is 34.2 Å². The molecule has 0 atom stereocenters. The number of halogens is 2. The van der Waals surface area contributed by atoms with Crippen molar-refractivity contribution in [1.29, 1.82) is 0 Å². The Hall–Kier alpha value is -3.42. The normalized spacial score (nSPS) is 12.7. The molecule has 0 aliphatic carbocycles. The average Bonchev–Trinajstić information content (AvgIpc) is 2.95. The lowest BCUT2D eigenvalue weighted by molar-refractivity contribution is -0.116. The predicted molar refractivity (Wildman–Crippen MR) is 111 cm³/mol. The zero-order valence-corrected chi connectivity index (χ0v) is 16.8. The maximum atomic E-state index is 12.6. The molecule has 0 saturated heterocycles. The molecular weight excluding hydrogens is 429 g/mol. The summed E-state index contributed by atoms with van der Waals surface area (Å²) in [6.45, 7) is -0.485. The van der Waals surface area contributed by atoms with Crippen molar-refractivity contribution in [3.63, 3.8) is 0 Å². The van der Waals surface area contributed by atoms with Crippen LogP contribution in [0.3, 0.4) is 0 Å². The van der Waals surface area contributed by atoms with Gasteiger partial charge in [-0.15, -0.1) is 0 Å². The van der Waals surface area contributed by atoms with Gasteiger partial charge in [0.2, 0.25) is 11.8 Å². The fourth-order valence-corrected chi connectivity index (χ4v) is 3.26. The molecule has 0 fully saturated rings. The third-order valence-electron chi connectivity index (χ3n) is 4.32. The number of para-hydroxylation sites is 1. The van der Waals surface area contributed by atoms with Crippen LogP contribution in [0, 0.1) is 0 Å². The fraction of sp³-hybridized carbons (Fsp3) is 0.0476. The quantitative estimate of drug-likeness (QED) is 0.592. The van der Waals surface area contributed by atoms with Gasteiger partial charge in [0.05, 0.1) is 21.2 Å². The van der Waals surface area contributed by atoms with E-state index >= 15 is 0 Å². The summed E-state index contributed by atoms with van der Waals surface area (Å²) in [7, 11) is 0. The van der Waals surface area contributed by atoms with Crippen molar-refractivity contribution < 1.29 is 19.1 Å². The van der Waals surface area contributed by atoms with Crippen LogP contribution in [0.2, 0.25) is 10.0 Å². The number of aromatic nitrogens is 1. The second-order valence-electron chi connectivity index (χ2n) is 6.33. The number of amides is 3. The molecule has 3 amide bonds. The number of benzene rings is 2. The highest BCUT2D eigenvalue weighted by Gasteiger charge is 2.37. The highest BCUT2D eigenvalue weighted by Crippen LogP contribution is 2.32. The Morgan fingerprint density at radius 1 is 0.967 bits per heavy atom. The lowest BCUT2D eigenvalue weighted by atomic mass is 10.1. The average molecular weight is 442 g/mol. The maximum Gasteiger partial charge on any atom is 0.262 e. The summed E-state index contributed by atoms with van der Waals surface area (Å²) in [6, 6.07) is 14.8. The summed E-state index contributed by atoms with van der Waals surface area (Å²) in [4.78, 5) is 42.6. The lowest BCUT2D eigenvalue weighted by Gasteiger charge is -2.15. The standard InChI is InChI=1S/C21H13Cl2N3O4/c22-15-9-13-14(10-16(15)23)21(29)26(20(13)28)11-18(27)25-17-7-4-8-24-19(17)30-12-5-2-1-3-6-12/h1-10H,11H2,(H,25,27). The highest BCUT2D eigenvalue weighted by atomic mass is 35.5. The number of pyridine rings is 1. The van der Waals surface area contributed by atoms with Crippen molar-refractivity contribution in [2.75, 3.05) is 11.9 Å². The van der Waals surface area contributed by atoms with Crippen molar-refractivity contribution in [2.45, 2.75) is 0 Å². The molecule has 30 heavy (non-hydrogen) atoms. The van der Waals surface area contributed by atoms with Gasteiger partial charge in [0, 0.05) is 6.20 Å². The minimum atomic E-state index is -0.615. The van der Waals surface area contributed by atoms with E-state index in [1.165, 1.54) is 18.3 Å². The minimum absolute atomic E-state index is 0.108. The molecule has 2 heterocycles. The monoisotopic (exact) mass is 441 g/mol. The number of imide groups is 1. The number of hydrogen-bond acceptors (Lipinski definition) is 5. The van der Waals surface area contributed by atoms with E-state index < -0.39 is 24.3 Å². The number of hydrogen-bond donors (Lipinski definition) is 1. The number of ether oxygens (including phenoxy) is 1. The van der Waals surface area contributed by atoms with E-state index in [1.807, 2.05) is 6.07 Å². The van der Waals surface area contributed by atoms with Gasteiger partial charge in [-0.2, -0.15) is 0 Å². The molecule has 0 unspecified atom stereocenters. The molecule has 9 heteroatoms. The Labute approximate surface area is 181 Å². The molecule has 7 nitrogen and oxygen atoms in total. The van der Waals surface area contributed by atoms with Crippen LogP contribution < -0.4 is 10.1 Å². The molecule has 1 N–H and O–H groups in total. The van der Waals surface area contributed by atoms with E-state index in [2.05, 4.69) is 10.3 Å². The van der Waals surface area contributed by atoms with Crippen molar-refractivity contribution in [3.8, 4) is 11.6 Å². The summed E-state index contributed by atoms with van der Waals surface area (Å²) >= 11 is 11.9. The van der Waals surface area contributed by atoms with E-state index in [4.69, 9.17) is 27.9 Å². The zero-order chi connectivity index (χ0) is 21.3. The van der Waals surface area contributed by atoms with Crippen molar-refractivity contribution in [1.82, 2.24) is 9.88 Å². The molecule has 1 aliphatic rings. The van der Waals surface area contributed by atoms with Gasteiger partial charge < -0.3 is 10.1 Å². The number of nitrogens with zero attached hydrogens (tertiary/aromatic N) is 2. The van der Waals surface area contributed by atoms with E-state index in [1.54, 1.807) is 36.4 Å². The largest absolute Gasteiger partial charge is 0.437 e. The molecule has 0 spiro atoms. The lowest BCUT2D eigenvalue weighted by Crippen LogP contribution is -2.37. The van der Waals surface area contributed by atoms with E-state index in [0.29, 0.717) is 11.4 Å². The molecule has 4 rings (SSSR count). The first-order chi connectivity index (χ1) is 14.4. The topological polar surface area (TPSA) is 88.6 Å². The van der Waals surface area contributed by atoms with E-state index in [9.17, 15) is 14.4 Å². The van der Waals surface area contributed by atoms with Gasteiger partial charge in [-0.1, -0.05) is 41.4 Å². The fourth-order valence-electron chi connectivity index (χ4n) is 2.93. The summed E-state index contributed by atoms with van der Waals surface area (Å²) in [5.74, 6) is -1.10. The Morgan fingerprint density at radius 2 is 1.60 bits per heavy atom. The van der Waals surface area contributed by atoms with Gasteiger partial charge >= 0.3 is 0 Å². The zero-order valence-electron chi connectivity index (χ0n) is 15.3. The van der Waals surface area contributed by atoms with Crippen LogP contribution in [0.15, 0.2) is 60.8 Å². The molecule has 0 radical (unpaired) electrons. The van der Waals surface area contributed by atoms with Gasteiger partial charge in [0.15, 0.2) is 0 Å². The second kappa shape index (κ2) is 8.14. The second-order valence-corrected chi connectivity index (χ2v) is 7.14. The first kappa shape index (κ1) is 19.9. The van der Waals surface area contributed by atoms with Gasteiger partial charge in [0.1, 0.15) is 18.0 Å². The smallest absolute Gasteiger partial charge is 0.262 e. The molecule has 150 valence electrons. The van der Waals surface area contributed by atoms with Gasteiger partial charge in [-0.05, 0) is 36.4 Å². The number of carbonyl (C=O) groups excluding carboxylic acids is 3. The first-order valence-electron chi connectivity index (χ1n) is 8.77. The summed E-state index contributed by atoms with van der Waals surface area (Å²) < 4.78 is 5.70. The Bertz CT molecular complexity index is 1130. The van der Waals surface area contributed by atoms with Crippen LogP contribution >= 0.6 is 23.2 Å². The molecule has 0 saturated carbocycles. The van der Waals surface area contributed by atoms with Crippen LogP contribution in [0.5, 0.6) is 11.6 Å². The molecule has 3 aromatic rings. The number of fused-ring (bicyclic) bond motifs is 1. The molecule has 1 aromatic heterocycles. The first-order valence-corrected chi connectivity index (χ1v) is 9.52. The summed E-state index contributed by atoms with van der Waals surface area (Å²) in [6.07, 6.45) is 1.52. The van der Waals surface area contributed by atoms with E-state index in [0.717, 1.165) is 4.90 Å². The Kier molecular flexibility index (Phi) is 5.39. The van der Waals surface area contributed by atoms with Gasteiger partial charge in [-0.25, -0.2) is 4.98 Å². The van der Waals surface area contributed by atoms with Gasteiger partial charge in [-0.3, -0.25) is 19.3 Å². The van der Waals surface area contributed by atoms with Crippen LogP contribution in [0.1, 0.15) is 20.7 Å². The maximum absolute atomic E-state index is 12.6. The van der Waals surface area contributed by atoms with Crippen LogP contribution in [0.4, 0.5) is 5.69 Å². The van der Waals surface area contributed by atoms with Crippen LogP contribution in [0.25, 0.3) is 0 Å². The Morgan fingerprint density at radius 3 is 2.23 bits per heavy atom. The molecule has 1 aliphatic heterocycles. The third-order valence-corrected chi connectivity index (χ3v) is 5.04. The molecular formula is C21H13Cl2N3O4. The minimum Gasteiger partial charge on any atom is -0.437 e. The van der Waals surface area contributed by atoms with Crippen molar-refractivity contribution >= 4 is 46.6 Å². The van der Waals surface area contributed by atoms with Crippen LogP contribution in [-0.2, 0) is 4.79 Å². The van der Waals surface area contributed by atoms with Gasteiger partial charge in [0.25, 0.3) is 11.8 Å². The SMILES string of the molecule is O=C(CN1C(=O)c2cc(Cl)c(Cl)cc2C1=O)Nc1cccnc1Oc1ccccc1. The van der Waals surface area contributed by atoms with E-state index in [-0.39, 0.29) is 27.1 Å². The van der Waals surface area contributed by atoms with Crippen molar-refractivity contribution in [2.24, 2.45) is 0 Å². The summed E-state index contributed by atoms with van der Waals surface area (Å²) in [5, 5.41) is 2.93. The number of nitrogens with one attached hydrogen (secondary N) is 1.